The number of aliphatic hydroxyl groups excluding tert-OH is 1. The Morgan fingerprint density at radius 1 is 1.18 bits per heavy atom. The van der Waals surface area contributed by atoms with Crippen molar-refractivity contribution < 1.29 is 14.7 Å². The van der Waals surface area contributed by atoms with E-state index in [4.69, 9.17) is 0 Å². The van der Waals surface area contributed by atoms with Crippen LogP contribution in [0.25, 0.3) is 0 Å². The van der Waals surface area contributed by atoms with E-state index in [0.717, 1.165) is 0 Å². The summed E-state index contributed by atoms with van der Waals surface area (Å²) >= 11 is 2.50. The van der Waals surface area contributed by atoms with Crippen molar-refractivity contribution >= 4 is 34.2 Å². The van der Waals surface area contributed by atoms with Crippen LogP contribution in [-0.2, 0) is 0 Å². The highest BCUT2D eigenvalue weighted by Gasteiger charge is 2.33. The summed E-state index contributed by atoms with van der Waals surface area (Å²) in [6.07, 6.45) is -0.649. The third kappa shape index (κ3) is 1.43. The molecular weight excluding hydrogens is 256 g/mol. The second-order valence-corrected chi connectivity index (χ2v) is 5.89. The Kier molecular flexibility index (Phi) is 2.29. The Morgan fingerprint density at radius 2 is 1.94 bits per heavy atom. The van der Waals surface area contributed by atoms with E-state index in [2.05, 4.69) is 0 Å². The molecule has 0 fully saturated rings. The molecule has 0 aliphatic heterocycles. The third-order valence-electron chi connectivity index (χ3n) is 2.73. The van der Waals surface area contributed by atoms with Gasteiger partial charge in [-0.15, -0.1) is 22.7 Å². The molecule has 0 saturated carbocycles. The van der Waals surface area contributed by atoms with Crippen LogP contribution in [-0.4, -0.2) is 16.7 Å². The molecular formula is C12H8O3S2. The second kappa shape index (κ2) is 3.60. The fourth-order valence-electron chi connectivity index (χ4n) is 1.87. The number of aliphatic hydroxyl groups is 1. The van der Waals surface area contributed by atoms with Gasteiger partial charge in [0, 0.05) is 16.0 Å². The van der Waals surface area contributed by atoms with Crippen molar-refractivity contribution in [1.82, 2.24) is 0 Å². The summed E-state index contributed by atoms with van der Waals surface area (Å²) in [4.78, 5) is 25.9. The van der Waals surface area contributed by atoms with E-state index >= 15 is 0 Å². The lowest BCUT2D eigenvalue weighted by Crippen LogP contribution is -2.15. The molecule has 2 aromatic rings. The van der Waals surface area contributed by atoms with Crippen LogP contribution >= 0.6 is 22.7 Å². The highest BCUT2D eigenvalue weighted by molar-refractivity contribution is 7.17. The maximum atomic E-state index is 12.1. The number of rotatable bonds is 1. The van der Waals surface area contributed by atoms with E-state index in [1.54, 1.807) is 24.4 Å². The molecule has 17 heavy (non-hydrogen) atoms. The van der Waals surface area contributed by atoms with Crippen molar-refractivity contribution in [2.45, 2.75) is 13.0 Å². The molecule has 1 aliphatic rings. The average molecular weight is 264 g/mol. The van der Waals surface area contributed by atoms with Crippen LogP contribution < -0.4 is 0 Å². The Morgan fingerprint density at radius 3 is 2.65 bits per heavy atom. The molecule has 86 valence electrons. The first kappa shape index (κ1) is 10.8. The maximum Gasteiger partial charge on any atom is 0.214 e. The molecule has 5 heteroatoms. The summed E-state index contributed by atoms with van der Waals surface area (Å²) in [5.41, 5.74) is 0.921. The topological polar surface area (TPSA) is 54.4 Å². The van der Waals surface area contributed by atoms with E-state index in [9.17, 15) is 14.7 Å². The zero-order chi connectivity index (χ0) is 12.2. The van der Waals surface area contributed by atoms with Gasteiger partial charge in [0.15, 0.2) is 5.78 Å². The van der Waals surface area contributed by atoms with Crippen molar-refractivity contribution in [1.29, 1.82) is 0 Å². The minimum Gasteiger partial charge on any atom is -0.388 e. The first-order valence-corrected chi connectivity index (χ1v) is 6.78. The van der Waals surface area contributed by atoms with Crippen molar-refractivity contribution in [3.05, 3.63) is 43.3 Å². The predicted octanol–water partition coefficient (Wildman–Crippen LogP) is 2.64. The number of hydrogen-bond acceptors (Lipinski definition) is 5. The molecule has 0 radical (unpaired) electrons. The highest BCUT2D eigenvalue weighted by atomic mass is 32.1. The van der Waals surface area contributed by atoms with Crippen LogP contribution in [0.5, 0.6) is 0 Å². The molecule has 2 aromatic heterocycles. The Labute approximate surface area is 105 Å². The summed E-state index contributed by atoms with van der Waals surface area (Å²) in [6, 6.07) is 3.31. The fraction of sp³-hybridized carbons (Fsp3) is 0.167. The first-order chi connectivity index (χ1) is 8.09. The van der Waals surface area contributed by atoms with Crippen molar-refractivity contribution in [3.8, 4) is 0 Å². The minimum atomic E-state index is -0.649. The maximum absolute atomic E-state index is 12.1. The molecule has 0 aromatic carbocycles. The van der Waals surface area contributed by atoms with Gasteiger partial charge < -0.3 is 5.11 Å². The lowest BCUT2D eigenvalue weighted by atomic mass is 9.95. The van der Waals surface area contributed by atoms with Gasteiger partial charge in [-0.3, -0.25) is 9.59 Å². The van der Waals surface area contributed by atoms with Gasteiger partial charge in [-0.1, -0.05) is 0 Å². The van der Waals surface area contributed by atoms with Gasteiger partial charge in [0.25, 0.3) is 0 Å². The van der Waals surface area contributed by atoms with E-state index < -0.39 is 6.10 Å². The van der Waals surface area contributed by atoms with Crippen molar-refractivity contribution in [2.75, 3.05) is 0 Å². The zero-order valence-corrected chi connectivity index (χ0v) is 10.5. The standard InChI is InChI=1S/C12H8O3S2/c1-5(13)8-4-7-9(14)6-2-3-16-11(6)10(15)12(7)17-8/h2-5,13H,1H3. The van der Waals surface area contributed by atoms with E-state index in [0.29, 0.717) is 25.8 Å². The van der Waals surface area contributed by atoms with Crippen molar-refractivity contribution in [2.24, 2.45) is 0 Å². The van der Waals surface area contributed by atoms with Gasteiger partial charge in [0.05, 0.1) is 15.9 Å². The van der Waals surface area contributed by atoms with E-state index in [1.165, 1.54) is 22.7 Å². The molecule has 1 atom stereocenters. The lowest BCUT2D eigenvalue weighted by Gasteiger charge is -2.08. The first-order valence-electron chi connectivity index (χ1n) is 5.08. The molecule has 1 aliphatic carbocycles. The van der Waals surface area contributed by atoms with Gasteiger partial charge in [0.1, 0.15) is 0 Å². The highest BCUT2D eigenvalue weighted by Crippen LogP contribution is 2.37. The molecule has 0 spiro atoms. The van der Waals surface area contributed by atoms with E-state index in [-0.39, 0.29) is 11.6 Å². The average Bonchev–Trinajstić information content (AvgIpc) is 2.92. The van der Waals surface area contributed by atoms with Crippen LogP contribution in [0.4, 0.5) is 0 Å². The quantitative estimate of drug-likeness (QED) is 0.735. The molecule has 1 unspecified atom stereocenters. The number of hydrogen-bond donors (Lipinski definition) is 1. The van der Waals surface area contributed by atoms with Crippen LogP contribution in [0.2, 0.25) is 0 Å². The fourth-order valence-corrected chi connectivity index (χ4v) is 3.81. The zero-order valence-electron chi connectivity index (χ0n) is 8.89. The number of fused-ring (bicyclic) bond motifs is 2. The van der Waals surface area contributed by atoms with Gasteiger partial charge in [-0.05, 0) is 24.4 Å². The molecule has 0 bridgehead atoms. The van der Waals surface area contributed by atoms with Crippen molar-refractivity contribution in [3.63, 3.8) is 0 Å². The molecule has 3 rings (SSSR count). The number of thiophene rings is 2. The molecule has 3 nitrogen and oxygen atoms in total. The largest absolute Gasteiger partial charge is 0.388 e. The van der Waals surface area contributed by atoms with Crippen LogP contribution in [0.3, 0.4) is 0 Å². The van der Waals surface area contributed by atoms with E-state index in [1.807, 2.05) is 0 Å². The smallest absolute Gasteiger partial charge is 0.214 e. The number of ketones is 2. The lowest BCUT2D eigenvalue weighted by molar-refractivity contribution is 0.0985. The second-order valence-electron chi connectivity index (χ2n) is 3.89. The normalized spacial score (nSPS) is 15.6. The number of carbonyl (C=O) groups excluding carboxylic acids is 2. The van der Waals surface area contributed by atoms with Gasteiger partial charge >= 0.3 is 0 Å². The molecule has 0 amide bonds. The summed E-state index contributed by atoms with van der Waals surface area (Å²) in [5, 5.41) is 11.3. The van der Waals surface area contributed by atoms with Crippen LogP contribution in [0.15, 0.2) is 17.5 Å². The number of carbonyl (C=O) groups is 2. The summed E-state index contributed by atoms with van der Waals surface area (Å²) in [7, 11) is 0. The molecule has 2 heterocycles. The van der Waals surface area contributed by atoms with Crippen LogP contribution in [0.1, 0.15) is 48.4 Å². The Bertz CT molecular complexity index is 586. The summed E-state index contributed by atoms with van der Waals surface area (Å²) in [6.45, 7) is 1.63. The Hall–Kier alpha value is -1.30. The predicted molar refractivity (Wildman–Crippen MR) is 66.1 cm³/mol. The van der Waals surface area contributed by atoms with Gasteiger partial charge in [-0.25, -0.2) is 0 Å². The SMILES string of the molecule is CC(O)c1cc2c(s1)C(=O)c1sccc1C2=O. The monoisotopic (exact) mass is 264 g/mol. The Balaban J connectivity index is 2.23. The summed E-state index contributed by atoms with van der Waals surface area (Å²) < 4.78 is 0. The van der Waals surface area contributed by atoms with Crippen LogP contribution in [0, 0.1) is 0 Å². The van der Waals surface area contributed by atoms with Gasteiger partial charge in [-0.2, -0.15) is 0 Å². The minimum absolute atomic E-state index is 0.0958. The molecule has 0 saturated heterocycles. The summed E-state index contributed by atoms with van der Waals surface area (Å²) in [5.74, 6) is -0.208. The third-order valence-corrected chi connectivity index (χ3v) is 4.95. The molecule has 1 N–H and O–H groups in total. The van der Waals surface area contributed by atoms with Gasteiger partial charge in [0.2, 0.25) is 5.78 Å².